The van der Waals surface area contributed by atoms with Crippen molar-refractivity contribution in [3.8, 4) is 10.4 Å². The third kappa shape index (κ3) is 3.99. The first-order chi connectivity index (χ1) is 14.5. The van der Waals surface area contributed by atoms with Gasteiger partial charge in [-0.3, -0.25) is 14.2 Å². The van der Waals surface area contributed by atoms with Gasteiger partial charge in [0.15, 0.2) is 0 Å². The van der Waals surface area contributed by atoms with Crippen LogP contribution >= 0.6 is 11.3 Å². The first-order valence-electron chi connectivity index (χ1n) is 9.08. The number of benzene rings is 2. The zero-order chi connectivity index (χ0) is 21.1. The third-order valence-corrected chi connectivity index (χ3v) is 5.55. The van der Waals surface area contributed by atoms with Crippen molar-refractivity contribution in [1.29, 1.82) is 0 Å². The number of anilines is 1. The molecule has 0 atom stereocenters. The lowest BCUT2D eigenvalue weighted by molar-refractivity contribution is -0.116. The lowest BCUT2D eigenvalue weighted by Crippen LogP contribution is -2.27. The largest absolute Gasteiger partial charge is 0.465 e. The predicted octanol–water partition coefficient (Wildman–Crippen LogP) is 3.55. The van der Waals surface area contributed by atoms with E-state index in [0.717, 1.165) is 10.4 Å². The number of carbonyl (C=O) groups excluding carboxylic acids is 2. The van der Waals surface area contributed by atoms with E-state index in [1.165, 1.54) is 35.4 Å². The van der Waals surface area contributed by atoms with Crippen LogP contribution in [-0.2, 0) is 16.1 Å². The number of carbonyl (C=O) groups is 2. The van der Waals surface area contributed by atoms with E-state index in [-0.39, 0.29) is 12.1 Å². The van der Waals surface area contributed by atoms with E-state index >= 15 is 0 Å². The molecular weight excluding hydrogens is 402 g/mol. The Kier molecular flexibility index (Phi) is 5.40. The Morgan fingerprint density at radius 3 is 2.67 bits per heavy atom. The van der Waals surface area contributed by atoms with Crippen LogP contribution in [0.4, 0.5) is 5.69 Å². The molecule has 2 heterocycles. The predicted molar refractivity (Wildman–Crippen MR) is 116 cm³/mol. The fourth-order valence-corrected chi connectivity index (χ4v) is 4.01. The van der Waals surface area contributed by atoms with Crippen LogP contribution in [0.1, 0.15) is 10.4 Å². The second kappa shape index (κ2) is 8.30. The van der Waals surface area contributed by atoms with Crippen LogP contribution in [-0.4, -0.2) is 28.5 Å². The Morgan fingerprint density at radius 2 is 1.90 bits per heavy atom. The number of nitrogens with one attached hydrogen (secondary N) is 1. The van der Waals surface area contributed by atoms with Gasteiger partial charge in [0.2, 0.25) is 5.91 Å². The van der Waals surface area contributed by atoms with Gasteiger partial charge in [-0.05, 0) is 29.8 Å². The quantitative estimate of drug-likeness (QED) is 0.500. The lowest BCUT2D eigenvalue weighted by Gasteiger charge is -2.08. The molecule has 1 amide bonds. The molecular formula is C22H17N3O4S. The number of nitrogens with zero attached hydrogens (tertiary/aromatic N) is 2. The van der Waals surface area contributed by atoms with Crippen molar-refractivity contribution in [2.75, 3.05) is 12.4 Å². The molecule has 0 saturated heterocycles. The summed E-state index contributed by atoms with van der Waals surface area (Å²) in [6, 6.07) is 17.9. The lowest BCUT2D eigenvalue weighted by atomic mass is 10.2. The molecule has 0 bridgehead atoms. The second-order valence-corrected chi connectivity index (χ2v) is 7.52. The van der Waals surface area contributed by atoms with E-state index in [2.05, 4.69) is 15.0 Å². The van der Waals surface area contributed by atoms with Crippen LogP contribution in [0.5, 0.6) is 0 Å². The SMILES string of the molecule is COC(=O)c1cccc(NC(=O)Cn2cnc3sc(-c4ccccc4)cc3c2=O)c1. The highest BCUT2D eigenvalue weighted by Crippen LogP contribution is 2.30. The molecule has 7 nitrogen and oxygen atoms in total. The molecule has 4 rings (SSSR count). The van der Waals surface area contributed by atoms with E-state index in [1.54, 1.807) is 24.3 Å². The number of thiophene rings is 1. The van der Waals surface area contributed by atoms with Gasteiger partial charge >= 0.3 is 5.97 Å². The van der Waals surface area contributed by atoms with Crippen molar-refractivity contribution >= 4 is 39.1 Å². The summed E-state index contributed by atoms with van der Waals surface area (Å²) in [7, 11) is 1.29. The van der Waals surface area contributed by atoms with Crippen LogP contribution in [0.25, 0.3) is 20.7 Å². The number of methoxy groups -OCH3 is 1. The molecule has 2 aromatic carbocycles. The molecule has 1 N–H and O–H groups in total. The minimum absolute atomic E-state index is 0.194. The topological polar surface area (TPSA) is 90.3 Å². The average molecular weight is 419 g/mol. The number of hydrogen-bond acceptors (Lipinski definition) is 6. The molecule has 2 aromatic heterocycles. The van der Waals surface area contributed by atoms with Crippen LogP contribution in [0.3, 0.4) is 0 Å². The smallest absolute Gasteiger partial charge is 0.337 e. The monoisotopic (exact) mass is 419 g/mol. The molecule has 0 aliphatic carbocycles. The Morgan fingerprint density at radius 1 is 1.10 bits per heavy atom. The number of fused-ring (bicyclic) bond motifs is 1. The first kappa shape index (κ1) is 19.5. The summed E-state index contributed by atoms with van der Waals surface area (Å²) in [5, 5.41) is 3.16. The van der Waals surface area contributed by atoms with Crippen LogP contribution < -0.4 is 10.9 Å². The van der Waals surface area contributed by atoms with E-state index < -0.39 is 11.9 Å². The van der Waals surface area contributed by atoms with Gasteiger partial charge in [-0.1, -0.05) is 36.4 Å². The van der Waals surface area contributed by atoms with Crippen LogP contribution in [0.15, 0.2) is 71.8 Å². The molecule has 30 heavy (non-hydrogen) atoms. The Labute approximate surface area is 175 Å². The molecule has 4 aromatic rings. The van der Waals surface area contributed by atoms with Crippen molar-refractivity contribution in [2.45, 2.75) is 6.54 Å². The molecule has 0 saturated carbocycles. The maximum atomic E-state index is 12.8. The number of esters is 1. The summed E-state index contributed by atoms with van der Waals surface area (Å²) in [6.45, 7) is -0.194. The molecule has 0 radical (unpaired) electrons. The highest BCUT2D eigenvalue weighted by Gasteiger charge is 2.13. The van der Waals surface area contributed by atoms with Gasteiger partial charge in [0.1, 0.15) is 11.4 Å². The maximum Gasteiger partial charge on any atom is 0.337 e. The fraction of sp³-hybridized carbons (Fsp3) is 0.0909. The van der Waals surface area contributed by atoms with Crippen LogP contribution in [0.2, 0.25) is 0 Å². The van der Waals surface area contributed by atoms with E-state index in [9.17, 15) is 14.4 Å². The van der Waals surface area contributed by atoms with Gasteiger partial charge in [-0.2, -0.15) is 0 Å². The summed E-state index contributed by atoms with van der Waals surface area (Å²) in [5.74, 6) is -0.901. The van der Waals surface area contributed by atoms with Crippen molar-refractivity contribution in [3.63, 3.8) is 0 Å². The standard InChI is InChI=1S/C22H17N3O4S/c1-29-22(28)15-8-5-9-16(10-15)24-19(26)12-25-13-23-20-17(21(25)27)11-18(30-20)14-6-3-2-4-7-14/h2-11,13H,12H2,1H3,(H,24,26). The molecule has 0 aliphatic heterocycles. The minimum atomic E-state index is -0.497. The maximum absolute atomic E-state index is 12.8. The second-order valence-electron chi connectivity index (χ2n) is 6.49. The summed E-state index contributed by atoms with van der Waals surface area (Å²) in [4.78, 5) is 42.8. The number of hydrogen-bond donors (Lipinski definition) is 1. The molecule has 0 aliphatic rings. The molecule has 0 unspecified atom stereocenters. The van der Waals surface area contributed by atoms with Gasteiger partial charge in [-0.25, -0.2) is 9.78 Å². The van der Waals surface area contributed by atoms with E-state index in [1.807, 2.05) is 30.3 Å². The Bertz CT molecular complexity index is 1290. The number of rotatable bonds is 5. The van der Waals surface area contributed by atoms with E-state index in [0.29, 0.717) is 21.5 Å². The molecule has 0 spiro atoms. The molecule has 8 heteroatoms. The zero-order valence-corrected chi connectivity index (χ0v) is 16.8. The highest BCUT2D eigenvalue weighted by molar-refractivity contribution is 7.21. The highest BCUT2D eigenvalue weighted by atomic mass is 32.1. The van der Waals surface area contributed by atoms with Gasteiger partial charge in [0.25, 0.3) is 5.56 Å². The molecule has 0 fully saturated rings. The summed E-state index contributed by atoms with van der Waals surface area (Å²) < 4.78 is 5.95. The Hall–Kier alpha value is -3.78. The fourth-order valence-electron chi connectivity index (χ4n) is 3.01. The number of aromatic nitrogens is 2. The van der Waals surface area contributed by atoms with Crippen molar-refractivity contribution < 1.29 is 14.3 Å². The van der Waals surface area contributed by atoms with Gasteiger partial charge < -0.3 is 10.1 Å². The third-order valence-electron chi connectivity index (χ3n) is 4.46. The normalized spacial score (nSPS) is 10.7. The summed E-state index contributed by atoms with van der Waals surface area (Å²) in [5.41, 5.74) is 1.49. The van der Waals surface area contributed by atoms with Gasteiger partial charge in [0.05, 0.1) is 24.4 Å². The number of ether oxygens (including phenoxy) is 1. The van der Waals surface area contributed by atoms with Crippen molar-refractivity contribution in [1.82, 2.24) is 9.55 Å². The van der Waals surface area contributed by atoms with Crippen molar-refractivity contribution in [2.24, 2.45) is 0 Å². The summed E-state index contributed by atoms with van der Waals surface area (Å²) >= 11 is 1.43. The van der Waals surface area contributed by atoms with Gasteiger partial charge in [0, 0.05) is 10.6 Å². The number of amides is 1. The van der Waals surface area contributed by atoms with Crippen LogP contribution in [0, 0.1) is 0 Å². The first-order valence-corrected chi connectivity index (χ1v) is 9.89. The Balaban J connectivity index is 1.55. The average Bonchev–Trinajstić information content (AvgIpc) is 3.21. The molecule has 150 valence electrons. The minimum Gasteiger partial charge on any atom is -0.465 e. The van der Waals surface area contributed by atoms with E-state index in [4.69, 9.17) is 0 Å². The zero-order valence-electron chi connectivity index (χ0n) is 16.0. The van der Waals surface area contributed by atoms with Gasteiger partial charge in [-0.15, -0.1) is 11.3 Å². The summed E-state index contributed by atoms with van der Waals surface area (Å²) in [6.07, 6.45) is 1.38. The van der Waals surface area contributed by atoms with Crippen molar-refractivity contribution in [3.05, 3.63) is 82.9 Å².